The van der Waals surface area contributed by atoms with Crippen molar-refractivity contribution >= 4 is 56.7 Å². The number of pyridine rings is 2. The summed E-state index contributed by atoms with van der Waals surface area (Å²) in [6, 6.07) is 24.4. The number of fused-ring (bicyclic) bond motifs is 2. The first kappa shape index (κ1) is 42.6. The van der Waals surface area contributed by atoms with Crippen LogP contribution < -0.4 is 9.47 Å². The smallest absolute Gasteiger partial charge is 0.387 e. The number of carboxylic acids is 2. The van der Waals surface area contributed by atoms with Crippen molar-refractivity contribution in [3.63, 3.8) is 0 Å². The Balaban J connectivity index is 0.000000173. The number of hydrogen-bond donors (Lipinski definition) is 2. The molecule has 0 spiro atoms. The van der Waals surface area contributed by atoms with E-state index >= 15 is 0 Å². The average molecular weight is 896 g/mol. The zero-order chi connectivity index (χ0) is 44.0. The number of carbonyl (C=O) groups is 2. The van der Waals surface area contributed by atoms with Crippen molar-refractivity contribution in [2.75, 3.05) is 6.61 Å². The maximum atomic E-state index is 12.4. The molecule has 2 N–H and O–H groups in total. The van der Waals surface area contributed by atoms with E-state index in [4.69, 9.17) is 47.2 Å². The Labute approximate surface area is 366 Å². The van der Waals surface area contributed by atoms with Gasteiger partial charge in [0, 0.05) is 69.6 Å². The van der Waals surface area contributed by atoms with Gasteiger partial charge in [-0.05, 0) is 78.1 Å². The first-order chi connectivity index (χ1) is 30.5. The van der Waals surface area contributed by atoms with Crippen molar-refractivity contribution in [2.45, 2.75) is 45.1 Å². The van der Waals surface area contributed by atoms with Gasteiger partial charge in [-0.25, -0.2) is 0 Å². The van der Waals surface area contributed by atoms with Crippen LogP contribution in [0.15, 0.2) is 106 Å². The predicted molar refractivity (Wildman–Crippen MR) is 228 cm³/mol. The highest BCUT2D eigenvalue weighted by atomic mass is 35.5. The van der Waals surface area contributed by atoms with Gasteiger partial charge in [0.2, 0.25) is 11.6 Å². The third-order valence-electron chi connectivity index (χ3n) is 10.0. The minimum absolute atomic E-state index is 0.0168. The molecule has 0 amide bonds. The Morgan fingerprint density at radius 2 is 1.17 bits per heavy atom. The molecule has 4 aromatic carbocycles. The molecule has 0 atom stereocenters. The van der Waals surface area contributed by atoms with E-state index in [9.17, 15) is 18.4 Å². The molecule has 0 bridgehead atoms. The number of alkyl halides is 2. The topological polar surface area (TPSA) is 197 Å². The summed E-state index contributed by atoms with van der Waals surface area (Å²) in [6.07, 6.45) is 6.33. The second-order valence-electron chi connectivity index (χ2n) is 14.4. The van der Waals surface area contributed by atoms with Gasteiger partial charge in [0.1, 0.15) is 11.5 Å². The average Bonchev–Trinajstić information content (AvgIpc) is 3.74. The third-order valence-corrected chi connectivity index (χ3v) is 10.6. The highest BCUT2D eigenvalue weighted by molar-refractivity contribution is 6.32. The Morgan fingerprint density at radius 3 is 1.62 bits per heavy atom. The second kappa shape index (κ2) is 18.9. The van der Waals surface area contributed by atoms with Crippen LogP contribution in [0.3, 0.4) is 0 Å². The van der Waals surface area contributed by atoms with Crippen molar-refractivity contribution in [1.29, 1.82) is 0 Å². The molecule has 9 rings (SSSR count). The number of aromatic nitrogens is 6. The number of carboxylic acid groups (broad SMARTS) is 2. The fourth-order valence-corrected chi connectivity index (χ4v) is 7.20. The lowest BCUT2D eigenvalue weighted by atomic mass is 10.0. The van der Waals surface area contributed by atoms with Gasteiger partial charge in [0.05, 0.1) is 29.5 Å². The SMILES string of the molecule is O=C(O)CCc1nccc2c(-c3noc(-c4ccc(OC(F)F)c(Cl)c4)n3)cccc12.O=C(O)CCc1nccc2c(-c3noc(-c4ccc(OCC5CC5)c(Cl)c4)n3)cccc12. The van der Waals surface area contributed by atoms with Gasteiger partial charge < -0.3 is 28.7 Å². The van der Waals surface area contributed by atoms with Crippen LogP contribution >= 0.6 is 23.2 Å². The summed E-state index contributed by atoms with van der Waals surface area (Å²) < 4.78 is 45.8. The second-order valence-corrected chi connectivity index (χ2v) is 15.2. The van der Waals surface area contributed by atoms with Crippen LogP contribution in [0.4, 0.5) is 8.78 Å². The number of rotatable bonds is 15. The van der Waals surface area contributed by atoms with Crippen molar-refractivity contribution < 1.29 is 47.1 Å². The van der Waals surface area contributed by atoms with Gasteiger partial charge in [0.25, 0.3) is 11.8 Å². The number of benzene rings is 4. The maximum absolute atomic E-state index is 12.4. The number of halogens is 4. The number of aryl methyl sites for hydroxylation is 2. The molecule has 0 saturated heterocycles. The molecule has 4 heterocycles. The van der Waals surface area contributed by atoms with Gasteiger partial charge in [-0.2, -0.15) is 18.7 Å². The molecule has 320 valence electrons. The van der Waals surface area contributed by atoms with Crippen molar-refractivity contribution in [3.8, 4) is 57.2 Å². The summed E-state index contributed by atoms with van der Waals surface area (Å²) in [7, 11) is 0. The predicted octanol–water partition coefficient (Wildman–Crippen LogP) is 10.6. The van der Waals surface area contributed by atoms with Crippen molar-refractivity contribution in [1.82, 2.24) is 30.2 Å². The van der Waals surface area contributed by atoms with Gasteiger partial charge >= 0.3 is 18.6 Å². The molecule has 4 aromatic heterocycles. The van der Waals surface area contributed by atoms with Crippen LogP contribution in [0.1, 0.15) is 37.1 Å². The molecule has 0 radical (unpaired) electrons. The van der Waals surface area contributed by atoms with Crippen molar-refractivity contribution in [2.24, 2.45) is 5.92 Å². The lowest BCUT2D eigenvalue weighted by molar-refractivity contribution is -0.138. The zero-order valence-electron chi connectivity index (χ0n) is 32.9. The summed E-state index contributed by atoms with van der Waals surface area (Å²) in [5, 5.41) is 30.0. The highest BCUT2D eigenvalue weighted by Gasteiger charge is 2.23. The third kappa shape index (κ3) is 10.2. The van der Waals surface area contributed by atoms with E-state index in [2.05, 4.69) is 35.0 Å². The van der Waals surface area contributed by atoms with E-state index in [-0.39, 0.29) is 29.5 Å². The van der Waals surface area contributed by atoms with Crippen LogP contribution in [-0.4, -0.2) is 65.6 Å². The zero-order valence-corrected chi connectivity index (χ0v) is 34.4. The Hall–Kier alpha value is -7.04. The molecule has 63 heavy (non-hydrogen) atoms. The van der Waals surface area contributed by atoms with Crippen LogP contribution in [0.5, 0.6) is 11.5 Å². The summed E-state index contributed by atoms with van der Waals surface area (Å²) in [6.45, 7) is -2.30. The summed E-state index contributed by atoms with van der Waals surface area (Å²) >= 11 is 12.4. The number of aliphatic carboxylic acids is 2. The van der Waals surface area contributed by atoms with E-state index in [0.717, 1.165) is 32.8 Å². The van der Waals surface area contributed by atoms with E-state index in [1.54, 1.807) is 30.6 Å². The molecule has 1 fully saturated rings. The molecule has 1 aliphatic rings. The fourth-order valence-electron chi connectivity index (χ4n) is 6.74. The fraction of sp³-hybridized carbons (Fsp3) is 0.200. The maximum Gasteiger partial charge on any atom is 0.387 e. The quantitative estimate of drug-likeness (QED) is 0.0985. The molecule has 1 saturated carbocycles. The molecule has 0 unspecified atom stereocenters. The Bertz CT molecular complexity index is 2960. The van der Waals surface area contributed by atoms with Crippen LogP contribution in [0, 0.1) is 5.92 Å². The number of ether oxygens (including phenoxy) is 2. The van der Waals surface area contributed by atoms with E-state index in [0.29, 0.717) is 76.1 Å². The monoisotopic (exact) mass is 894 g/mol. The van der Waals surface area contributed by atoms with Crippen LogP contribution in [-0.2, 0) is 22.4 Å². The van der Waals surface area contributed by atoms with E-state index in [1.807, 2.05) is 48.5 Å². The molecular formula is C45H34Cl2F2N6O8. The van der Waals surface area contributed by atoms with Gasteiger partial charge in [-0.1, -0.05) is 69.9 Å². The Morgan fingerprint density at radius 1 is 0.683 bits per heavy atom. The van der Waals surface area contributed by atoms with Crippen LogP contribution in [0.25, 0.3) is 67.2 Å². The Kier molecular flexibility index (Phi) is 12.8. The lowest BCUT2D eigenvalue weighted by Gasteiger charge is -2.07. The van der Waals surface area contributed by atoms with E-state index < -0.39 is 18.6 Å². The van der Waals surface area contributed by atoms with Crippen LogP contribution in [0.2, 0.25) is 10.0 Å². The largest absolute Gasteiger partial charge is 0.492 e. The molecule has 18 heteroatoms. The first-order valence-electron chi connectivity index (χ1n) is 19.5. The molecule has 1 aliphatic carbocycles. The van der Waals surface area contributed by atoms with Gasteiger partial charge in [-0.15, -0.1) is 0 Å². The van der Waals surface area contributed by atoms with E-state index in [1.165, 1.54) is 31.0 Å². The number of hydrogen-bond acceptors (Lipinski definition) is 12. The number of nitrogens with zero attached hydrogens (tertiary/aromatic N) is 6. The minimum Gasteiger partial charge on any atom is -0.492 e. The van der Waals surface area contributed by atoms with Crippen molar-refractivity contribution in [3.05, 3.63) is 119 Å². The minimum atomic E-state index is -2.99. The summed E-state index contributed by atoms with van der Waals surface area (Å²) in [5.74, 6) is 0.626. The van der Waals surface area contributed by atoms with Gasteiger partial charge in [0.15, 0.2) is 0 Å². The standard InChI is InChI=1S/C24H20ClN3O4.C21H14ClF2N3O4/c25-19-12-15(6-8-21(19)31-13-14-4-5-14)24-27-23(28-32-24)18-3-1-2-17-16(18)10-11-26-20(17)7-9-22(29)30;22-15-10-11(4-6-17(15)30-21(23)24)20-26-19(27-31-20)14-3-1-2-13-12(14)8-9-25-16(13)5-7-18(28)29/h1-3,6,8,10-12,14H,4-5,7,9,13H2,(H,29,30);1-4,6,8-10,21H,5,7H2,(H,28,29). The normalized spacial score (nSPS) is 12.3. The van der Waals surface area contributed by atoms with Gasteiger partial charge in [-0.3, -0.25) is 19.6 Å². The highest BCUT2D eigenvalue weighted by Crippen LogP contribution is 2.36. The first-order valence-corrected chi connectivity index (χ1v) is 20.3. The molecular weight excluding hydrogens is 861 g/mol. The summed E-state index contributed by atoms with van der Waals surface area (Å²) in [4.78, 5) is 39.5. The molecule has 0 aliphatic heterocycles. The lowest BCUT2D eigenvalue weighted by Crippen LogP contribution is -2.02. The molecule has 8 aromatic rings. The molecule has 14 nitrogen and oxygen atoms in total. The summed E-state index contributed by atoms with van der Waals surface area (Å²) in [5.41, 5.74) is 3.99.